The first-order valence-corrected chi connectivity index (χ1v) is 7.93. The third-order valence-electron chi connectivity index (χ3n) is 3.33. The maximum absolute atomic E-state index is 12.0. The predicted octanol–water partition coefficient (Wildman–Crippen LogP) is 2.45. The molecule has 3 aromatic rings. The Kier molecular flexibility index (Phi) is 4.59. The zero-order chi connectivity index (χ0) is 16.2. The van der Waals surface area contributed by atoms with Crippen molar-refractivity contribution < 1.29 is 14.3 Å². The van der Waals surface area contributed by atoms with E-state index < -0.39 is 0 Å². The molecule has 6 nitrogen and oxygen atoms in total. The van der Waals surface area contributed by atoms with Gasteiger partial charge in [0.25, 0.3) is 5.91 Å². The Morgan fingerprint density at radius 3 is 2.96 bits per heavy atom. The second-order valence-electron chi connectivity index (χ2n) is 4.89. The Bertz CT molecular complexity index is 793. The molecule has 0 bridgehead atoms. The first kappa shape index (κ1) is 15.5. The molecule has 0 saturated heterocycles. The summed E-state index contributed by atoms with van der Waals surface area (Å²) in [5.41, 5.74) is 1.47. The highest BCUT2D eigenvalue weighted by molar-refractivity contribution is 7.20. The maximum atomic E-state index is 12.0. The van der Waals surface area contributed by atoms with E-state index in [0.717, 1.165) is 21.2 Å². The van der Waals surface area contributed by atoms with E-state index in [9.17, 15) is 4.79 Å². The third kappa shape index (κ3) is 3.35. The van der Waals surface area contributed by atoms with E-state index in [1.54, 1.807) is 20.4 Å². The molecule has 23 heavy (non-hydrogen) atoms. The summed E-state index contributed by atoms with van der Waals surface area (Å²) < 4.78 is 12.0. The number of nitrogens with zero attached hydrogens (tertiary/aromatic N) is 2. The number of methoxy groups -OCH3 is 2. The first-order chi connectivity index (χ1) is 11.2. The largest absolute Gasteiger partial charge is 0.497 e. The van der Waals surface area contributed by atoms with Crippen LogP contribution < -0.4 is 10.1 Å². The molecule has 0 saturated carbocycles. The van der Waals surface area contributed by atoms with Crippen molar-refractivity contribution >= 4 is 22.2 Å². The van der Waals surface area contributed by atoms with Gasteiger partial charge in [-0.1, -0.05) is 23.5 Å². The topological polar surface area (TPSA) is 64.9 Å². The van der Waals surface area contributed by atoms with Crippen LogP contribution in [0.15, 0.2) is 36.7 Å². The molecule has 7 heteroatoms. The molecule has 2 heterocycles. The lowest BCUT2D eigenvalue weighted by Gasteiger charge is -2.01. The van der Waals surface area contributed by atoms with Crippen molar-refractivity contribution in [3.63, 3.8) is 0 Å². The highest BCUT2D eigenvalue weighted by Crippen LogP contribution is 2.30. The van der Waals surface area contributed by atoms with Crippen LogP contribution in [0.25, 0.3) is 15.4 Å². The van der Waals surface area contributed by atoms with Gasteiger partial charge >= 0.3 is 0 Å². The van der Waals surface area contributed by atoms with E-state index in [-0.39, 0.29) is 5.91 Å². The zero-order valence-corrected chi connectivity index (χ0v) is 13.7. The van der Waals surface area contributed by atoms with Crippen LogP contribution in [0.4, 0.5) is 0 Å². The Labute approximate surface area is 137 Å². The summed E-state index contributed by atoms with van der Waals surface area (Å²) in [5, 5.41) is 2.76. The molecule has 0 aliphatic carbocycles. The first-order valence-electron chi connectivity index (χ1n) is 7.11. The summed E-state index contributed by atoms with van der Waals surface area (Å²) in [5.74, 6) is 0.618. The van der Waals surface area contributed by atoms with Crippen molar-refractivity contribution in [2.75, 3.05) is 27.4 Å². The van der Waals surface area contributed by atoms with Gasteiger partial charge in [0.15, 0.2) is 4.96 Å². The Morgan fingerprint density at radius 1 is 1.35 bits per heavy atom. The molecular weight excluding hydrogens is 314 g/mol. The van der Waals surface area contributed by atoms with Crippen molar-refractivity contribution in [1.82, 2.24) is 14.7 Å². The predicted molar refractivity (Wildman–Crippen MR) is 89.3 cm³/mol. The second kappa shape index (κ2) is 6.80. The van der Waals surface area contributed by atoms with Gasteiger partial charge in [-0.3, -0.25) is 9.20 Å². The number of thiazole rings is 1. The molecule has 0 fully saturated rings. The normalized spacial score (nSPS) is 10.9. The average Bonchev–Trinajstić information content (AvgIpc) is 3.14. The Morgan fingerprint density at radius 2 is 2.22 bits per heavy atom. The van der Waals surface area contributed by atoms with E-state index in [4.69, 9.17) is 9.47 Å². The van der Waals surface area contributed by atoms with Crippen molar-refractivity contribution in [3.05, 3.63) is 42.4 Å². The molecule has 3 rings (SSSR count). The van der Waals surface area contributed by atoms with Crippen LogP contribution in [-0.2, 0) is 4.74 Å². The number of carbonyl (C=O) groups excluding carboxylic acids is 1. The van der Waals surface area contributed by atoms with Gasteiger partial charge in [-0.25, -0.2) is 4.98 Å². The molecule has 0 unspecified atom stereocenters. The van der Waals surface area contributed by atoms with E-state index in [1.165, 1.54) is 11.3 Å². The fraction of sp³-hybridized carbons (Fsp3) is 0.250. The number of hydrogen-bond donors (Lipinski definition) is 1. The second-order valence-corrected chi connectivity index (χ2v) is 5.90. The number of nitrogens with one attached hydrogen (secondary N) is 1. The standard InChI is InChI=1S/C16H17N3O3S/c1-21-7-6-17-15(20)13-9-19-10-14(23-16(19)18-13)11-4-3-5-12(8-11)22-2/h3-5,8-10H,6-7H2,1-2H3,(H,17,20). The van der Waals surface area contributed by atoms with Crippen LogP contribution in [-0.4, -0.2) is 42.7 Å². The number of hydrogen-bond acceptors (Lipinski definition) is 5. The fourth-order valence-corrected chi connectivity index (χ4v) is 3.13. The van der Waals surface area contributed by atoms with Crippen molar-refractivity contribution in [2.45, 2.75) is 0 Å². The quantitative estimate of drug-likeness (QED) is 0.705. The number of aromatic nitrogens is 2. The number of fused-ring (bicyclic) bond motifs is 1. The monoisotopic (exact) mass is 331 g/mol. The van der Waals surface area contributed by atoms with E-state index >= 15 is 0 Å². The van der Waals surface area contributed by atoms with Gasteiger partial charge in [0, 0.05) is 26.0 Å². The summed E-state index contributed by atoms with van der Waals surface area (Å²) in [6, 6.07) is 7.85. The van der Waals surface area contributed by atoms with Gasteiger partial charge in [0.2, 0.25) is 0 Å². The highest BCUT2D eigenvalue weighted by atomic mass is 32.1. The van der Waals surface area contributed by atoms with E-state index in [1.807, 2.05) is 34.9 Å². The van der Waals surface area contributed by atoms with Crippen LogP contribution in [0.5, 0.6) is 5.75 Å². The van der Waals surface area contributed by atoms with Crippen LogP contribution in [0, 0.1) is 0 Å². The lowest BCUT2D eigenvalue weighted by atomic mass is 10.2. The lowest BCUT2D eigenvalue weighted by Crippen LogP contribution is -2.27. The summed E-state index contributed by atoms with van der Waals surface area (Å²) in [7, 11) is 3.24. The molecular formula is C16H17N3O3S. The molecule has 120 valence electrons. The van der Waals surface area contributed by atoms with Crippen LogP contribution in [0.1, 0.15) is 10.5 Å². The summed E-state index contributed by atoms with van der Waals surface area (Å²) >= 11 is 1.53. The van der Waals surface area contributed by atoms with Crippen molar-refractivity contribution in [2.24, 2.45) is 0 Å². The number of benzene rings is 1. The minimum Gasteiger partial charge on any atom is -0.497 e. The van der Waals surface area contributed by atoms with Gasteiger partial charge < -0.3 is 14.8 Å². The Balaban J connectivity index is 1.81. The number of amides is 1. The summed E-state index contributed by atoms with van der Waals surface area (Å²) in [4.78, 5) is 18.2. The molecule has 1 amide bonds. The smallest absolute Gasteiger partial charge is 0.271 e. The van der Waals surface area contributed by atoms with Crippen molar-refractivity contribution in [3.8, 4) is 16.2 Å². The molecule has 1 aromatic carbocycles. The minimum atomic E-state index is -0.194. The maximum Gasteiger partial charge on any atom is 0.271 e. The van der Waals surface area contributed by atoms with Gasteiger partial charge in [-0.05, 0) is 17.7 Å². The minimum absolute atomic E-state index is 0.194. The molecule has 0 radical (unpaired) electrons. The summed E-state index contributed by atoms with van der Waals surface area (Å²) in [6.45, 7) is 0.948. The summed E-state index contributed by atoms with van der Waals surface area (Å²) in [6.07, 6.45) is 3.70. The molecule has 1 N–H and O–H groups in total. The lowest BCUT2D eigenvalue weighted by molar-refractivity contribution is 0.0933. The molecule has 0 atom stereocenters. The molecule has 0 aliphatic heterocycles. The SMILES string of the molecule is COCCNC(=O)c1cn2cc(-c3cccc(OC)c3)sc2n1. The number of imidazole rings is 1. The third-order valence-corrected chi connectivity index (χ3v) is 4.38. The number of rotatable bonds is 6. The molecule has 2 aromatic heterocycles. The highest BCUT2D eigenvalue weighted by Gasteiger charge is 2.13. The van der Waals surface area contributed by atoms with Crippen LogP contribution >= 0.6 is 11.3 Å². The zero-order valence-electron chi connectivity index (χ0n) is 12.9. The average molecular weight is 331 g/mol. The fourth-order valence-electron chi connectivity index (χ4n) is 2.17. The number of carbonyl (C=O) groups is 1. The van der Waals surface area contributed by atoms with Gasteiger partial charge in [0.1, 0.15) is 11.4 Å². The van der Waals surface area contributed by atoms with Crippen molar-refractivity contribution in [1.29, 1.82) is 0 Å². The van der Waals surface area contributed by atoms with Gasteiger partial charge in [0.05, 0.1) is 18.6 Å². The number of ether oxygens (including phenoxy) is 2. The van der Waals surface area contributed by atoms with Crippen LogP contribution in [0.2, 0.25) is 0 Å². The Hall–Kier alpha value is -2.38. The van der Waals surface area contributed by atoms with E-state index in [0.29, 0.717) is 18.8 Å². The molecule has 0 aliphatic rings. The van der Waals surface area contributed by atoms with E-state index in [2.05, 4.69) is 10.3 Å². The van der Waals surface area contributed by atoms with Gasteiger partial charge in [-0.15, -0.1) is 0 Å². The van der Waals surface area contributed by atoms with Crippen LogP contribution in [0.3, 0.4) is 0 Å². The van der Waals surface area contributed by atoms with Gasteiger partial charge in [-0.2, -0.15) is 0 Å². The molecule has 0 spiro atoms.